The maximum Gasteiger partial charge on any atom is 0.416 e. The van der Waals surface area contributed by atoms with Crippen LogP contribution in [0.4, 0.5) is 43.9 Å². The van der Waals surface area contributed by atoms with Crippen LogP contribution in [0.3, 0.4) is 0 Å². The molecule has 0 atom stereocenters. The first-order valence-corrected chi connectivity index (χ1v) is 30.8. The lowest BCUT2D eigenvalue weighted by atomic mass is 9.83. The van der Waals surface area contributed by atoms with E-state index in [0.717, 1.165) is 53.1 Å². The first-order chi connectivity index (χ1) is 47.1. The molecule has 1 N–H and O–H groups in total. The number of fused-ring (bicyclic) bond motifs is 2. The molecule has 13 rings (SSSR count). The smallest absolute Gasteiger partial charge is 0.416 e. The summed E-state index contributed by atoms with van der Waals surface area (Å²) < 4.78 is 171. The molecule has 4 heterocycles. The summed E-state index contributed by atoms with van der Waals surface area (Å²) >= 11 is 0. The number of benzene rings is 9. The summed E-state index contributed by atoms with van der Waals surface area (Å²) in [7, 11) is 0. The Kier molecular flexibility index (Phi) is 16.7. The van der Waals surface area contributed by atoms with Gasteiger partial charge < -0.3 is 23.6 Å². The van der Waals surface area contributed by atoms with Crippen LogP contribution < -0.4 is 15.9 Å². The number of aromatic amines is 1. The molecular weight excluding hydrogens is 1300 g/mol. The molecular formula is C77H51F10N3O9. The fourth-order valence-electron chi connectivity index (χ4n) is 13.1. The number of ether oxygens (including phenoxy) is 3. The van der Waals surface area contributed by atoms with Gasteiger partial charge in [0.2, 0.25) is 0 Å². The maximum atomic E-state index is 15.7. The number of aliphatic imine (C=N–C) groups is 1. The minimum absolute atomic E-state index is 0.0114. The number of nitrogens with zero attached hydrogens (tertiary/aromatic N) is 2. The molecule has 3 aromatic heterocycles. The van der Waals surface area contributed by atoms with E-state index in [9.17, 15) is 40.7 Å². The van der Waals surface area contributed by atoms with Gasteiger partial charge in [0.1, 0.15) is 40.2 Å². The molecule has 99 heavy (non-hydrogen) atoms. The SMILES string of the molecule is CCOC(=O)C1=C(C)/C(=C(/c2[nH]c(C)c(C(=O)OCC)c2C)c2c(-c3cc(F)cc(F)c3)cc(OC(=O)Cc3ccc(-n4c(=O)c5cc(-c6ccc(C(F)(F)F)cc6)c6oc7ccccc7c7c(-c8ccc(C(F)(F)F)cc8)cc(c4=O)c5c67)cc3)cc2-c2cc(F)cc(F)c2)N=C1C. The number of aryl methyl sites for hydroxylation is 1. The molecule has 0 spiro atoms. The summed E-state index contributed by atoms with van der Waals surface area (Å²) in [5, 5.41) is 0.888. The second-order valence-corrected chi connectivity index (χ2v) is 23.6. The Morgan fingerprint density at radius 3 is 1.60 bits per heavy atom. The Bertz CT molecular complexity index is 5480. The normalized spacial score (nSPS) is 13.3. The first-order valence-electron chi connectivity index (χ1n) is 30.8. The van der Waals surface area contributed by atoms with E-state index in [1.807, 2.05) is 0 Å². The molecule has 9 aromatic carbocycles. The van der Waals surface area contributed by atoms with E-state index < -0.39 is 82.2 Å². The van der Waals surface area contributed by atoms with Crippen LogP contribution in [0, 0.1) is 37.1 Å². The quantitative estimate of drug-likeness (QED) is 0.0368. The van der Waals surface area contributed by atoms with Gasteiger partial charge in [-0.3, -0.25) is 19.4 Å². The molecule has 0 radical (unpaired) electrons. The Balaban J connectivity index is 0.962. The third kappa shape index (κ3) is 11.9. The zero-order valence-corrected chi connectivity index (χ0v) is 53.0. The number of nitrogens with one attached hydrogen (secondary N) is 1. The minimum atomic E-state index is -4.72. The van der Waals surface area contributed by atoms with Gasteiger partial charge >= 0.3 is 30.3 Å². The van der Waals surface area contributed by atoms with Gasteiger partial charge in [-0.1, -0.05) is 54.6 Å². The largest absolute Gasteiger partial charge is 0.462 e. The fourth-order valence-corrected chi connectivity index (χ4v) is 13.1. The van der Waals surface area contributed by atoms with Crippen molar-refractivity contribution in [1.29, 1.82) is 0 Å². The van der Waals surface area contributed by atoms with Crippen molar-refractivity contribution >= 4 is 72.7 Å². The van der Waals surface area contributed by atoms with Gasteiger partial charge in [-0.15, -0.1) is 0 Å². The highest BCUT2D eigenvalue weighted by Crippen LogP contribution is 2.50. The lowest BCUT2D eigenvalue weighted by molar-refractivity contribution is -0.138. The molecule has 1 aliphatic rings. The second kappa shape index (κ2) is 25.1. The first kappa shape index (κ1) is 66.0. The van der Waals surface area contributed by atoms with Crippen LogP contribution in [0.5, 0.6) is 5.75 Å². The van der Waals surface area contributed by atoms with E-state index >= 15 is 27.2 Å². The molecule has 0 saturated heterocycles. The Morgan fingerprint density at radius 1 is 0.545 bits per heavy atom. The number of H-pyrrole nitrogens is 1. The van der Waals surface area contributed by atoms with Gasteiger partial charge in [0.25, 0.3) is 11.1 Å². The molecule has 0 fully saturated rings. The maximum absolute atomic E-state index is 15.7. The van der Waals surface area contributed by atoms with Crippen molar-refractivity contribution in [2.75, 3.05) is 13.2 Å². The Morgan fingerprint density at radius 2 is 1.06 bits per heavy atom. The molecule has 0 saturated carbocycles. The van der Waals surface area contributed by atoms with Crippen molar-refractivity contribution < 1.29 is 76.9 Å². The summed E-state index contributed by atoms with van der Waals surface area (Å²) in [5.74, 6) is -7.05. The zero-order chi connectivity index (χ0) is 70.4. The molecule has 12 aromatic rings. The van der Waals surface area contributed by atoms with Crippen molar-refractivity contribution in [2.45, 2.75) is 60.3 Å². The number of para-hydroxylation sites is 1. The van der Waals surface area contributed by atoms with Gasteiger partial charge in [0.15, 0.2) is 0 Å². The number of hydrogen-bond donors (Lipinski definition) is 1. The van der Waals surface area contributed by atoms with Crippen molar-refractivity contribution in [1.82, 2.24) is 9.55 Å². The van der Waals surface area contributed by atoms with Crippen molar-refractivity contribution in [3.8, 4) is 55.9 Å². The van der Waals surface area contributed by atoms with Crippen molar-refractivity contribution in [2.24, 2.45) is 4.99 Å². The number of alkyl halides is 6. The van der Waals surface area contributed by atoms with Gasteiger partial charge in [-0.2, -0.15) is 26.3 Å². The van der Waals surface area contributed by atoms with Crippen LogP contribution in [-0.2, 0) is 37.8 Å². The molecule has 0 aliphatic carbocycles. The number of carbonyl (C=O) groups is 3. The average Bonchev–Trinajstić information content (AvgIpc) is 1.60. The standard InChI is InChI=1S/C77H51F10N3O9/c1-7-96-74(94)62-36(3)69(88-38(62)5)68(70-37(4)63(39(6)89-70)75(95)97-8-2)65-54(43-26-47(78)30-48(79)27-43)32-52(33-55(65)44-28-49(80)31-50(81)29-44)98-61(91)25-40-13-23-51(24-14-40)90-72(92)58-34-56(41-15-19-45(20-16-41)76(82,83)84)64-53-11-9-10-12-60(53)99-71-57(35-59(73(90)93)66(58)67(64)71)42-17-21-46(22-18-42)77(85,86)87/h9-24,26-35,88H,7-8,25H2,1-6H3/b70-68-. The topological polar surface area (TPSA) is 159 Å². The molecule has 0 amide bonds. The van der Waals surface area contributed by atoms with E-state index in [0.29, 0.717) is 28.6 Å². The number of esters is 3. The number of rotatable bonds is 14. The second-order valence-electron chi connectivity index (χ2n) is 23.6. The molecule has 1 aliphatic heterocycles. The zero-order valence-electron chi connectivity index (χ0n) is 53.0. The predicted molar refractivity (Wildman–Crippen MR) is 354 cm³/mol. The summed E-state index contributed by atoms with van der Waals surface area (Å²) in [6.07, 6.45) is -9.99. The van der Waals surface area contributed by atoms with E-state index in [4.69, 9.17) is 23.6 Å². The molecule has 498 valence electrons. The van der Waals surface area contributed by atoms with E-state index in [-0.39, 0.29) is 158 Å². The number of allylic oxidation sites excluding steroid dienone is 1. The molecule has 0 bridgehead atoms. The number of halogens is 10. The Hall–Kier alpha value is -11.7. The van der Waals surface area contributed by atoms with Crippen molar-refractivity contribution in [3.63, 3.8) is 0 Å². The van der Waals surface area contributed by atoms with E-state index in [1.165, 1.54) is 72.8 Å². The molecule has 12 nitrogen and oxygen atoms in total. The highest BCUT2D eigenvalue weighted by molar-refractivity contribution is 6.32. The Labute approximate surface area is 554 Å². The van der Waals surface area contributed by atoms with E-state index in [1.54, 1.807) is 65.8 Å². The number of aromatic nitrogens is 2. The monoisotopic (exact) mass is 1350 g/mol. The van der Waals surface area contributed by atoms with Gasteiger partial charge in [0.05, 0.1) is 64.7 Å². The van der Waals surface area contributed by atoms with Gasteiger partial charge in [0, 0.05) is 66.8 Å². The van der Waals surface area contributed by atoms with Crippen LogP contribution in [0.2, 0.25) is 0 Å². The third-order valence-corrected chi connectivity index (χ3v) is 17.4. The average molecular weight is 1350 g/mol. The van der Waals surface area contributed by atoms with Crippen LogP contribution in [0.15, 0.2) is 194 Å². The lowest BCUT2D eigenvalue weighted by Gasteiger charge is -2.22. The number of pyridine rings is 1. The van der Waals surface area contributed by atoms with Gasteiger partial charge in [-0.05, 0) is 188 Å². The fraction of sp³-hybridized carbons (Fsp3) is 0.143. The molecule has 22 heteroatoms. The third-order valence-electron chi connectivity index (χ3n) is 17.4. The highest BCUT2D eigenvalue weighted by atomic mass is 19.4. The van der Waals surface area contributed by atoms with Crippen molar-refractivity contribution in [3.05, 3.63) is 263 Å². The van der Waals surface area contributed by atoms with Crippen LogP contribution in [0.25, 0.3) is 99.3 Å². The molecule has 0 unspecified atom stereocenters. The predicted octanol–water partition coefficient (Wildman–Crippen LogP) is 18.5. The van der Waals surface area contributed by atoms with Gasteiger partial charge in [-0.25, -0.2) is 31.7 Å². The highest BCUT2D eigenvalue weighted by Gasteiger charge is 2.36. The summed E-state index contributed by atoms with van der Waals surface area (Å²) in [4.78, 5) is 80.4. The number of hydrogen-bond acceptors (Lipinski definition) is 10. The number of carbonyl (C=O) groups excluding carboxylic acids is 3. The summed E-state index contributed by atoms with van der Waals surface area (Å²) in [6.45, 7) is 9.48. The van der Waals surface area contributed by atoms with Crippen LogP contribution in [0.1, 0.15) is 77.3 Å². The lowest BCUT2D eigenvalue weighted by Crippen LogP contribution is -2.32. The summed E-state index contributed by atoms with van der Waals surface area (Å²) in [6, 6.07) is 30.9. The van der Waals surface area contributed by atoms with Crippen LogP contribution in [-0.4, -0.2) is 46.4 Å². The summed E-state index contributed by atoms with van der Waals surface area (Å²) in [5.41, 5.74) is -1.71. The van der Waals surface area contributed by atoms with Crippen LogP contribution >= 0.6 is 0 Å². The minimum Gasteiger partial charge on any atom is -0.462 e. The van der Waals surface area contributed by atoms with E-state index in [2.05, 4.69) is 4.98 Å².